The van der Waals surface area contributed by atoms with Crippen LogP contribution >= 0.6 is 11.8 Å². The molecule has 0 atom stereocenters. The molecule has 2 aromatic carbocycles. The predicted octanol–water partition coefficient (Wildman–Crippen LogP) is 3.87. The van der Waals surface area contributed by atoms with E-state index in [0.29, 0.717) is 35.1 Å². The summed E-state index contributed by atoms with van der Waals surface area (Å²) in [4.78, 5) is 39.0. The fourth-order valence-electron chi connectivity index (χ4n) is 2.86. The summed E-state index contributed by atoms with van der Waals surface area (Å²) >= 11 is 1.27. The van der Waals surface area contributed by atoms with E-state index in [0.717, 1.165) is 5.52 Å². The van der Waals surface area contributed by atoms with Gasteiger partial charge in [-0.05, 0) is 44.2 Å². The number of nitrogens with zero attached hydrogens (tertiary/aromatic N) is 3. The van der Waals surface area contributed by atoms with E-state index in [-0.39, 0.29) is 17.3 Å². The summed E-state index contributed by atoms with van der Waals surface area (Å²) < 4.78 is 6.99. The average Bonchev–Trinajstić information content (AvgIpc) is 3.09. The molecule has 3 aromatic rings. The summed E-state index contributed by atoms with van der Waals surface area (Å²) in [5.41, 5.74) is 2.39. The SMILES string of the molecule is CCOC(=O)c1ccc2c(c1)nc(SCC(=O)Nc1ccc([N+](=O)[O-])cc1)n2CC. The smallest absolute Gasteiger partial charge is 0.338 e. The quantitative estimate of drug-likeness (QED) is 0.250. The lowest BCUT2D eigenvalue weighted by atomic mass is 10.2. The number of rotatable bonds is 8. The van der Waals surface area contributed by atoms with Crippen molar-refractivity contribution in [2.75, 3.05) is 17.7 Å². The number of carbonyl (C=O) groups is 2. The van der Waals surface area contributed by atoms with Gasteiger partial charge in [-0.1, -0.05) is 11.8 Å². The molecule has 1 amide bonds. The van der Waals surface area contributed by atoms with Gasteiger partial charge in [0, 0.05) is 24.4 Å². The first-order valence-electron chi connectivity index (χ1n) is 9.27. The maximum Gasteiger partial charge on any atom is 0.338 e. The first kappa shape index (κ1) is 21.3. The van der Waals surface area contributed by atoms with Crippen LogP contribution in [0.15, 0.2) is 47.6 Å². The van der Waals surface area contributed by atoms with Crippen LogP contribution in [0.2, 0.25) is 0 Å². The molecule has 0 unspecified atom stereocenters. The Morgan fingerprint density at radius 3 is 2.57 bits per heavy atom. The van der Waals surface area contributed by atoms with Gasteiger partial charge in [-0.25, -0.2) is 9.78 Å². The molecule has 3 rings (SSSR count). The normalized spacial score (nSPS) is 10.7. The second-order valence-electron chi connectivity index (χ2n) is 6.20. The van der Waals surface area contributed by atoms with Crippen LogP contribution in [-0.2, 0) is 16.1 Å². The highest BCUT2D eigenvalue weighted by Gasteiger charge is 2.15. The van der Waals surface area contributed by atoms with Crippen molar-refractivity contribution in [2.24, 2.45) is 0 Å². The Balaban J connectivity index is 1.70. The van der Waals surface area contributed by atoms with Gasteiger partial charge in [0.15, 0.2) is 5.16 Å². The van der Waals surface area contributed by atoms with Crippen LogP contribution in [0.3, 0.4) is 0 Å². The minimum atomic E-state index is -0.496. The van der Waals surface area contributed by atoms with Crippen LogP contribution in [-0.4, -0.2) is 38.7 Å². The predicted molar refractivity (Wildman–Crippen MR) is 114 cm³/mol. The molecule has 1 N–H and O–H groups in total. The molecule has 0 fully saturated rings. The summed E-state index contributed by atoms with van der Waals surface area (Å²) in [7, 11) is 0. The standard InChI is InChI=1S/C20H20N4O5S/c1-3-23-17-10-5-13(19(26)29-4-2)11-16(17)22-20(23)30-12-18(25)21-14-6-8-15(9-7-14)24(27)28/h5-11H,3-4,12H2,1-2H3,(H,21,25). The Morgan fingerprint density at radius 2 is 1.93 bits per heavy atom. The van der Waals surface area contributed by atoms with Gasteiger partial charge in [0.1, 0.15) is 0 Å². The number of nitro groups is 1. The maximum atomic E-state index is 12.3. The van der Waals surface area contributed by atoms with E-state index < -0.39 is 10.9 Å². The number of ether oxygens (including phenoxy) is 1. The van der Waals surface area contributed by atoms with Crippen molar-refractivity contribution in [2.45, 2.75) is 25.5 Å². The fraction of sp³-hybridized carbons (Fsp3) is 0.250. The van der Waals surface area contributed by atoms with Crippen molar-refractivity contribution < 1.29 is 19.2 Å². The van der Waals surface area contributed by atoms with Crippen molar-refractivity contribution in [3.05, 3.63) is 58.1 Å². The number of nitro benzene ring substituents is 1. The van der Waals surface area contributed by atoms with Gasteiger partial charge in [-0.3, -0.25) is 14.9 Å². The van der Waals surface area contributed by atoms with Gasteiger partial charge >= 0.3 is 5.97 Å². The first-order valence-corrected chi connectivity index (χ1v) is 10.3. The van der Waals surface area contributed by atoms with Gasteiger partial charge in [-0.15, -0.1) is 0 Å². The highest BCUT2D eigenvalue weighted by atomic mass is 32.2. The number of non-ortho nitro benzene ring substituents is 1. The number of aromatic nitrogens is 2. The molecule has 156 valence electrons. The van der Waals surface area contributed by atoms with Crippen LogP contribution < -0.4 is 5.32 Å². The lowest BCUT2D eigenvalue weighted by Gasteiger charge is -2.07. The number of hydrogen-bond acceptors (Lipinski definition) is 7. The van der Waals surface area contributed by atoms with E-state index in [1.165, 1.54) is 36.0 Å². The number of nitrogens with one attached hydrogen (secondary N) is 1. The molecule has 0 aliphatic heterocycles. The molecule has 10 heteroatoms. The zero-order valence-corrected chi connectivity index (χ0v) is 17.3. The number of anilines is 1. The Bertz CT molecular complexity index is 1090. The molecule has 30 heavy (non-hydrogen) atoms. The molecule has 0 spiro atoms. The highest BCUT2D eigenvalue weighted by Crippen LogP contribution is 2.25. The van der Waals surface area contributed by atoms with Gasteiger partial charge in [-0.2, -0.15) is 0 Å². The number of benzene rings is 2. The lowest BCUT2D eigenvalue weighted by Crippen LogP contribution is -2.14. The molecule has 9 nitrogen and oxygen atoms in total. The molecule has 0 aliphatic carbocycles. The molecule has 0 saturated carbocycles. The summed E-state index contributed by atoms with van der Waals surface area (Å²) in [5, 5.41) is 14.1. The van der Waals surface area contributed by atoms with E-state index in [1.807, 2.05) is 17.6 Å². The largest absolute Gasteiger partial charge is 0.462 e. The zero-order chi connectivity index (χ0) is 21.7. The van der Waals surface area contributed by atoms with E-state index in [1.54, 1.807) is 19.1 Å². The minimum absolute atomic E-state index is 0.0405. The minimum Gasteiger partial charge on any atom is -0.462 e. The maximum absolute atomic E-state index is 12.3. The van der Waals surface area contributed by atoms with Crippen LogP contribution in [0, 0.1) is 10.1 Å². The van der Waals surface area contributed by atoms with E-state index in [2.05, 4.69) is 10.3 Å². The molecule has 1 heterocycles. The van der Waals surface area contributed by atoms with Gasteiger partial charge in [0.25, 0.3) is 5.69 Å². The van der Waals surface area contributed by atoms with E-state index >= 15 is 0 Å². The number of thioether (sulfide) groups is 1. The summed E-state index contributed by atoms with van der Waals surface area (Å²) in [6, 6.07) is 10.8. The van der Waals surface area contributed by atoms with Crippen molar-refractivity contribution in [1.29, 1.82) is 0 Å². The number of carbonyl (C=O) groups excluding carboxylic acids is 2. The second kappa shape index (κ2) is 9.40. The average molecular weight is 428 g/mol. The lowest BCUT2D eigenvalue weighted by molar-refractivity contribution is -0.384. The van der Waals surface area contributed by atoms with E-state index in [9.17, 15) is 19.7 Å². The monoisotopic (exact) mass is 428 g/mol. The number of amides is 1. The van der Waals surface area contributed by atoms with Crippen LogP contribution in [0.4, 0.5) is 11.4 Å². The van der Waals surface area contributed by atoms with Crippen molar-refractivity contribution in [3.63, 3.8) is 0 Å². The number of imidazole rings is 1. The molecule has 1 aromatic heterocycles. The molecule has 0 bridgehead atoms. The number of hydrogen-bond donors (Lipinski definition) is 1. The number of aryl methyl sites for hydroxylation is 1. The molecule has 0 saturated heterocycles. The number of fused-ring (bicyclic) bond motifs is 1. The highest BCUT2D eigenvalue weighted by molar-refractivity contribution is 7.99. The van der Waals surface area contributed by atoms with Crippen LogP contribution in [0.1, 0.15) is 24.2 Å². The third-order valence-corrected chi connectivity index (χ3v) is 5.21. The van der Waals surface area contributed by atoms with Gasteiger partial charge in [0.05, 0.1) is 33.9 Å². The van der Waals surface area contributed by atoms with Gasteiger partial charge in [0.2, 0.25) is 5.91 Å². The second-order valence-corrected chi connectivity index (χ2v) is 7.15. The summed E-state index contributed by atoms with van der Waals surface area (Å²) in [6.07, 6.45) is 0. The zero-order valence-electron chi connectivity index (χ0n) is 16.5. The third kappa shape index (κ3) is 4.77. The Hall–Kier alpha value is -3.40. The van der Waals surface area contributed by atoms with Crippen molar-refractivity contribution >= 4 is 46.0 Å². The van der Waals surface area contributed by atoms with E-state index in [4.69, 9.17) is 4.74 Å². The van der Waals surface area contributed by atoms with Gasteiger partial charge < -0.3 is 14.6 Å². The van der Waals surface area contributed by atoms with Crippen molar-refractivity contribution in [1.82, 2.24) is 9.55 Å². The molecule has 0 aliphatic rings. The topological polar surface area (TPSA) is 116 Å². The fourth-order valence-corrected chi connectivity index (χ4v) is 3.74. The Labute approximate surface area is 176 Å². The summed E-state index contributed by atoms with van der Waals surface area (Å²) in [5.74, 6) is -0.539. The van der Waals surface area contributed by atoms with Crippen LogP contribution in [0.25, 0.3) is 11.0 Å². The van der Waals surface area contributed by atoms with Crippen molar-refractivity contribution in [3.8, 4) is 0 Å². The molecular weight excluding hydrogens is 408 g/mol. The molecule has 0 radical (unpaired) electrons. The Morgan fingerprint density at radius 1 is 1.20 bits per heavy atom. The number of esters is 1. The summed E-state index contributed by atoms with van der Waals surface area (Å²) in [6.45, 7) is 4.67. The Kier molecular flexibility index (Phi) is 6.68. The first-order chi connectivity index (χ1) is 14.4. The third-order valence-electron chi connectivity index (χ3n) is 4.23. The molecular formula is C20H20N4O5S. The van der Waals surface area contributed by atoms with Crippen LogP contribution in [0.5, 0.6) is 0 Å².